The Morgan fingerprint density at radius 1 is 1.47 bits per heavy atom. The summed E-state index contributed by atoms with van der Waals surface area (Å²) in [6, 6.07) is 0.442. The lowest BCUT2D eigenvalue weighted by molar-refractivity contribution is -0.124. The van der Waals surface area contributed by atoms with Gasteiger partial charge < -0.3 is 20.5 Å². The number of carbonyl (C=O) groups excluding carboxylic acids is 1. The van der Waals surface area contributed by atoms with Crippen LogP contribution in [0.25, 0.3) is 0 Å². The van der Waals surface area contributed by atoms with E-state index in [9.17, 15) is 9.18 Å². The minimum atomic E-state index is -1.23. The smallest absolute Gasteiger partial charge is 0.245 e. The molecule has 1 atom stereocenters. The quantitative estimate of drug-likeness (QED) is 0.471. The Bertz CT molecular complexity index is 203. The van der Waals surface area contributed by atoms with Gasteiger partial charge in [-0.15, -0.1) is 0 Å². The average molecular weight is 250 g/mol. The molecule has 0 saturated carbocycles. The number of rotatable bonds is 10. The summed E-state index contributed by atoms with van der Waals surface area (Å²) < 4.78 is 18.2. The summed E-state index contributed by atoms with van der Waals surface area (Å²) in [7, 11) is 0. The number of nitrogens with one attached hydrogen (secondary N) is 2. The third-order valence-electron chi connectivity index (χ3n) is 1.98. The molecule has 3 N–H and O–H groups in total. The maximum absolute atomic E-state index is 13.1. The van der Waals surface area contributed by atoms with E-state index in [1.165, 1.54) is 0 Å². The molecule has 0 heterocycles. The SMILES string of the molecule is CC(C)NCCCOCC(F)CNC(=O)CO. The van der Waals surface area contributed by atoms with Crippen molar-refractivity contribution in [2.24, 2.45) is 0 Å². The molecule has 0 spiro atoms. The summed E-state index contributed by atoms with van der Waals surface area (Å²) >= 11 is 0. The third kappa shape index (κ3) is 11.5. The van der Waals surface area contributed by atoms with Crippen LogP contribution in [0.4, 0.5) is 4.39 Å². The van der Waals surface area contributed by atoms with Crippen LogP contribution in [0.3, 0.4) is 0 Å². The molecule has 6 heteroatoms. The number of hydrogen-bond acceptors (Lipinski definition) is 4. The second-order valence-electron chi connectivity index (χ2n) is 4.10. The van der Waals surface area contributed by atoms with E-state index < -0.39 is 18.7 Å². The second kappa shape index (κ2) is 10.4. The molecular weight excluding hydrogens is 227 g/mol. The lowest BCUT2D eigenvalue weighted by atomic mass is 10.3. The second-order valence-corrected chi connectivity index (χ2v) is 4.10. The van der Waals surface area contributed by atoms with Gasteiger partial charge in [-0.3, -0.25) is 4.79 Å². The lowest BCUT2D eigenvalue weighted by Gasteiger charge is -2.11. The number of halogens is 1. The molecule has 1 amide bonds. The third-order valence-corrected chi connectivity index (χ3v) is 1.98. The van der Waals surface area contributed by atoms with Crippen LogP contribution < -0.4 is 10.6 Å². The Morgan fingerprint density at radius 3 is 2.76 bits per heavy atom. The normalized spacial score (nSPS) is 12.8. The molecule has 0 aromatic heterocycles. The van der Waals surface area contributed by atoms with Gasteiger partial charge in [-0.1, -0.05) is 13.8 Å². The van der Waals surface area contributed by atoms with Crippen LogP contribution in [-0.4, -0.2) is 56.1 Å². The summed E-state index contributed by atoms with van der Waals surface area (Å²) in [6.45, 7) is 4.68. The number of ether oxygens (including phenoxy) is 1. The van der Waals surface area contributed by atoms with Gasteiger partial charge in [0.15, 0.2) is 0 Å². The van der Waals surface area contributed by atoms with Crippen molar-refractivity contribution in [2.75, 3.05) is 32.9 Å². The number of aliphatic hydroxyl groups excluding tert-OH is 1. The standard InChI is InChI=1S/C11H23FN2O3/c1-9(2)13-4-3-5-17-8-10(12)6-14-11(16)7-15/h9-10,13,15H,3-8H2,1-2H3,(H,14,16). The van der Waals surface area contributed by atoms with Crippen molar-refractivity contribution in [1.29, 1.82) is 0 Å². The average Bonchev–Trinajstić information content (AvgIpc) is 2.30. The Labute approximate surface area is 102 Å². The molecule has 102 valence electrons. The van der Waals surface area contributed by atoms with E-state index in [2.05, 4.69) is 24.5 Å². The molecule has 0 aliphatic rings. The number of aliphatic hydroxyl groups is 1. The summed E-state index contributed by atoms with van der Waals surface area (Å²) in [5.74, 6) is -0.575. The van der Waals surface area contributed by atoms with Crippen LogP contribution in [0.1, 0.15) is 20.3 Å². The Morgan fingerprint density at radius 2 is 2.18 bits per heavy atom. The number of alkyl halides is 1. The van der Waals surface area contributed by atoms with Crippen molar-refractivity contribution >= 4 is 5.91 Å². The van der Waals surface area contributed by atoms with E-state index in [4.69, 9.17) is 9.84 Å². The van der Waals surface area contributed by atoms with Gasteiger partial charge in [-0.2, -0.15) is 0 Å². The molecule has 0 radical (unpaired) electrons. The molecule has 0 aliphatic heterocycles. The highest BCUT2D eigenvalue weighted by Crippen LogP contribution is 1.92. The lowest BCUT2D eigenvalue weighted by Crippen LogP contribution is -2.34. The molecule has 0 aromatic carbocycles. The van der Waals surface area contributed by atoms with Crippen molar-refractivity contribution in [3.8, 4) is 0 Å². The molecule has 0 saturated heterocycles. The zero-order chi connectivity index (χ0) is 13.1. The van der Waals surface area contributed by atoms with E-state index in [0.29, 0.717) is 12.6 Å². The van der Waals surface area contributed by atoms with E-state index in [0.717, 1.165) is 13.0 Å². The van der Waals surface area contributed by atoms with Crippen molar-refractivity contribution in [2.45, 2.75) is 32.5 Å². The minimum Gasteiger partial charge on any atom is -0.387 e. The maximum atomic E-state index is 13.1. The van der Waals surface area contributed by atoms with Crippen LogP contribution in [-0.2, 0) is 9.53 Å². The number of amides is 1. The van der Waals surface area contributed by atoms with Crippen LogP contribution in [0.15, 0.2) is 0 Å². The summed E-state index contributed by atoms with van der Waals surface area (Å²) in [4.78, 5) is 10.6. The van der Waals surface area contributed by atoms with E-state index >= 15 is 0 Å². The highest BCUT2D eigenvalue weighted by molar-refractivity contribution is 5.76. The summed E-state index contributed by atoms with van der Waals surface area (Å²) in [5, 5.41) is 13.9. The topological polar surface area (TPSA) is 70.6 Å². The molecule has 1 unspecified atom stereocenters. The highest BCUT2D eigenvalue weighted by Gasteiger charge is 2.08. The molecule has 0 fully saturated rings. The Kier molecular flexibility index (Phi) is 9.99. The molecule has 0 aromatic rings. The molecule has 5 nitrogen and oxygen atoms in total. The minimum absolute atomic E-state index is 0.0343. The predicted molar refractivity (Wildman–Crippen MR) is 63.6 cm³/mol. The van der Waals surface area contributed by atoms with Crippen molar-refractivity contribution < 1.29 is 19.0 Å². The van der Waals surface area contributed by atoms with Crippen molar-refractivity contribution in [3.05, 3.63) is 0 Å². The van der Waals surface area contributed by atoms with Gasteiger partial charge in [-0.25, -0.2) is 4.39 Å². The van der Waals surface area contributed by atoms with Gasteiger partial charge >= 0.3 is 0 Å². The summed E-state index contributed by atoms with van der Waals surface area (Å²) in [5.41, 5.74) is 0. The highest BCUT2D eigenvalue weighted by atomic mass is 19.1. The van der Waals surface area contributed by atoms with Crippen LogP contribution in [0, 0.1) is 0 Å². The van der Waals surface area contributed by atoms with Gasteiger partial charge in [-0.05, 0) is 13.0 Å². The fourth-order valence-electron chi connectivity index (χ4n) is 1.12. The largest absolute Gasteiger partial charge is 0.387 e. The first kappa shape index (κ1) is 16.3. The Hall–Kier alpha value is -0.720. The van der Waals surface area contributed by atoms with Crippen molar-refractivity contribution in [3.63, 3.8) is 0 Å². The molecule has 0 aliphatic carbocycles. The molecule has 0 rings (SSSR count). The number of hydrogen-bond donors (Lipinski definition) is 3. The fourth-order valence-corrected chi connectivity index (χ4v) is 1.12. The first-order valence-electron chi connectivity index (χ1n) is 5.89. The number of carbonyl (C=O) groups is 1. The first-order valence-corrected chi connectivity index (χ1v) is 5.89. The zero-order valence-electron chi connectivity index (χ0n) is 10.5. The van der Waals surface area contributed by atoms with Gasteiger partial charge in [0.25, 0.3) is 0 Å². The monoisotopic (exact) mass is 250 g/mol. The predicted octanol–water partition coefficient (Wildman–Crippen LogP) is -0.162. The Balaban J connectivity index is 3.27. The zero-order valence-corrected chi connectivity index (χ0v) is 10.5. The van der Waals surface area contributed by atoms with E-state index in [1.807, 2.05) is 0 Å². The van der Waals surface area contributed by atoms with E-state index in [-0.39, 0.29) is 13.2 Å². The molecular formula is C11H23FN2O3. The van der Waals surface area contributed by atoms with Crippen LogP contribution in [0.2, 0.25) is 0 Å². The van der Waals surface area contributed by atoms with Gasteiger partial charge in [0.1, 0.15) is 12.8 Å². The van der Waals surface area contributed by atoms with Gasteiger partial charge in [0.2, 0.25) is 5.91 Å². The first-order chi connectivity index (χ1) is 8.06. The molecule has 17 heavy (non-hydrogen) atoms. The van der Waals surface area contributed by atoms with E-state index in [1.54, 1.807) is 0 Å². The summed E-state index contributed by atoms with van der Waals surface area (Å²) in [6.07, 6.45) is -0.406. The van der Waals surface area contributed by atoms with Crippen LogP contribution >= 0.6 is 0 Å². The maximum Gasteiger partial charge on any atom is 0.245 e. The fraction of sp³-hybridized carbons (Fsp3) is 0.909. The molecule has 0 bridgehead atoms. The van der Waals surface area contributed by atoms with Gasteiger partial charge in [0, 0.05) is 12.6 Å². The van der Waals surface area contributed by atoms with Gasteiger partial charge in [0.05, 0.1) is 13.2 Å². The van der Waals surface area contributed by atoms with Crippen LogP contribution in [0.5, 0.6) is 0 Å². The van der Waals surface area contributed by atoms with Crippen molar-refractivity contribution in [1.82, 2.24) is 10.6 Å².